The van der Waals surface area contributed by atoms with Gasteiger partial charge in [-0.2, -0.15) is 0 Å². The number of nitrogens with one attached hydrogen (secondary N) is 2. The van der Waals surface area contributed by atoms with Crippen LogP contribution in [-0.4, -0.2) is 33.5 Å². The third-order valence-corrected chi connectivity index (χ3v) is 3.09. The molecule has 0 aliphatic carbocycles. The zero-order valence-corrected chi connectivity index (χ0v) is 12.7. The van der Waals surface area contributed by atoms with Gasteiger partial charge in [0.25, 0.3) is 5.91 Å². The zero-order chi connectivity index (χ0) is 14.4. The number of nitrogens with zero attached hydrogens (tertiary/aromatic N) is 3. The van der Waals surface area contributed by atoms with Crippen LogP contribution in [0.15, 0.2) is 35.5 Å². The molecule has 0 aliphatic heterocycles. The number of carbonyl (C=O) groups excluding carboxylic acids is 1. The van der Waals surface area contributed by atoms with Gasteiger partial charge in [0.2, 0.25) is 0 Å². The van der Waals surface area contributed by atoms with Gasteiger partial charge in [0.1, 0.15) is 5.82 Å². The summed E-state index contributed by atoms with van der Waals surface area (Å²) < 4.78 is 2.68. The van der Waals surface area contributed by atoms with Gasteiger partial charge in [-0.15, -0.1) is 0 Å². The van der Waals surface area contributed by atoms with Gasteiger partial charge in [-0.05, 0) is 28.9 Å². The van der Waals surface area contributed by atoms with Gasteiger partial charge in [0.05, 0.1) is 11.9 Å². The Morgan fingerprint density at radius 2 is 2.35 bits per heavy atom. The molecule has 0 spiro atoms. The normalized spacial score (nSPS) is 10.3. The first kappa shape index (κ1) is 14.5. The van der Waals surface area contributed by atoms with E-state index in [4.69, 9.17) is 0 Å². The molecule has 0 fully saturated rings. The third-order valence-electron chi connectivity index (χ3n) is 2.66. The first-order valence-corrected chi connectivity index (χ1v) is 7.13. The highest BCUT2D eigenvalue weighted by Gasteiger charge is 2.12. The molecule has 0 atom stereocenters. The molecule has 6 nitrogen and oxygen atoms in total. The van der Waals surface area contributed by atoms with Gasteiger partial charge in [0, 0.05) is 42.7 Å². The Balaban J connectivity index is 1.99. The molecule has 2 N–H and O–H groups in total. The second-order valence-corrected chi connectivity index (χ2v) is 5.05. The van der Waals surface area contributed by atoms with E-state index in [1.165, 1.54) is 0 Å². The molecule has 1 amide bonds. The number of hydrogen-bond acceptors (Lipinski definition) is 4. The average Bonchev–Trinajstić information content (AvgIpc) is 2.94. The molecule has 2 aromatic rings. The molecule has 20 heavy (non-hydrogen) atoms. The van der Waals surface area contributed by atoms with Crippen LogP contribution in [-0.2, 0) is 6.54 Å². The largest absolute Gasteiger partial charge is 0.370 e. The van der Waals surface area contributed by atoms with E-state index < -0.39 is 0 Å². The van der Waals surface area contributed by atoms with Crippen LogP contribution in [0.3, 0.4) is 0 Å². The predicted molar refractivity (Wildman–Crippen MR) is 80.7 cm³/mol. The van der Waals surface area contributed by atoms with Crippen molar-refractivity contribution in [1.29, 1.82) is 0 Å². The van der Waals surface area contributed by atoms with Gasteiger partial charge in [-0.3, -0.25) is 4.79 Å². The Labute approximate surface area is 125 Å². The first-order chi connectivity index (χ1) is 9.70. The van der Waals surface area contributed by atoms with Crippen LogP contribution in [0.25, 0.3) is 0 Å². The number of halogens is 1. The van der Waals surface area contributed by atoms with Gasteiger partial charge >= 0.3 is 0 Å². The molecule has 0 bridgehead atoms. The predicted octanol–water partition coefficient (Wildman–Crippen LogP) is 1.90. The zero-order valence-electron chi connectivity index (χ0n) is 11.1. The number of aromatic nitrogens is 3. The van der Waals surface area contributed by atoms with Crippen LogP contribution < -0.4 is 10.6 Å². The Kier molecular flexibility index (Phi) is 5.11. The summed E-state index contributed by atoms with van der Waals surface area (Å²) in [4.78, 5) is 20.3. The average molecular weight is 338 g/mol. The van der Waals surface area contributed by atoms with E-state index in [1.807, 2.05) is 17.7 Å². The second kappa shape index (κ2) is 7.04. The minimum Gasteiger partial charge on any atom is -0.370 e. The fourth-order valence-electron chi connectivity index (χ4n) is 1.73. The highest BCUT2D eigenvalue weighted by atomic mass is 79.9. The summed E-state index contributed by atoms with van der Waals surface area (Å²) >= 11 is 3.33. The van der Waals surface area contributed by atoms with Crippen LogP contribution in [0.4, 0.5) is 5.82 Å². The molecule has 2 rings (SSSR count). The van der Waals surface area contributed by atoms with Crippen molar-refractivity contribution in [1.82, 2.24) is 19.9 Å². The third kappa shape index (κ3) is 3.80. The summed E-state index contributed by atoms with van der Waals surface area (Å²) in [5.74, 6) is 0.450. The maximum absolute atomic E-state index is 12.2. The molecule has 0 aliphatic rings. The molecular formula is C13H16BrN5O. The minimum atomic E-state index is -0.144. The summed E-state index contributed by atoms with van der Waals surface area (Å²) in [5, 5.41) is 5.96. The standard InChI is InChI=1S/C13H16BrN5O/c1-2-16-12-11(7-10(14)8-18-12)13(20)17-4-6-19-5-3-15-9-19/h3,5,7-9H,2,4,6H2,1H3,(H,16,18)(H,17,20). The van der Waals surface area contributed by atoms with Crippen molar-refractivity contribution in [3.63, 3.8) is 0 Å². The van der Waals surface area contributed by atoms with Crippen molar-refractivity contribution in [2.45, 2.75) is 13.5 Å². The van der Waals surface area contributed by atoms with Crippen molar-refractivity contribution >= 4 is 27.7 Å². The number of pyridine rings is 1. The minimum absolute atomic E-state index is 0.144. The topological polar surface area (TPSA) is 71.8 Å². The summed E-state index contributed by atoms with van der Waals surface area (Å²) in [5.41, 5.74) is 0.534. The van der Waals surface area contributed by atoms with Gasteiger partial charge in [-0.25, -0.2) is 9.97 Å². The van der Waals surface area contributed by atoms with E-state index in [0.717, 1.165) is 4.47 Å². The number of rotatable bonds is 6. The molecule has 0 aromatic carbocycles. The molecule has 0 unspecified atom stereocenters. The SMILES string of the molecule is CCNc1ncc(Br)cc1C(=O)NCCn1ccnc1. The molecule has 2 aromatic heterocycles. The van der Waals surface area contributed by atoms with Crippen LogP contribution in [0.2, 0.25) is 0 Å². The Morgan fingerprint density at radius 3 is 3.05 bits per heavy atom. The fourth-order valence-corrected chi connectivity index (χ4v) is 2.06. The van der Waals surface area contributed by atoms with Crippen molar-refractivity contribution in [2.24, 2.45) is 0 Å². The van der Waals surface area contributed by atoms with Crippen LogP contribution in [0.5, 0.6) is 0 Å². The lowest BCUT2D eigenvalue weighted by Gasteiger charge is -2.10. The second-order valence-electron chi connectivity index (χ2n) is 4.14. The highest BCUT2D eigenvalue weighted by Crippen LogP contribution is 2.17. The van der Waals surface area contributed by atoms with Crippen LogP contribution >= 0.6 is 15.9 Å². The van der Waals surface area contributed by atoms with Gasteiger partial charge in [0.15, 0.2) is 0 Å². The van der Waals surface area contributed by atoms with Gasteiger partial charge in [-0.1, -0.05) is 0 Å². The van der Waals surface area contributed by atoms with E-state index in [0.29, 0.717) is 31.0 Å². The van der Waals surface area contributed by atoms with Crippen molar-refractivity contribution in [3.05, 3.63) is 41.0 Å². The summed E-state index contributed by atoms with van der Waals surface area (Å²) in [6.07, 6.45) is 6.96. The van der Waals surface area contributed by atoms with Crippen LogP contribution in [0, 0.1) is 0 Å². The fraction of sp³-hybridized carbons (Fsp3) is 0.308. The summed E-state index contributed by atoms with van der Waals surface area (Å²) in [6, 6.07) is 1.76. The summed E-state index contributed by atoms with van der Waals surface area (Å²) in [6.45, 7) is 3.89. The van der Waals surface area contributed by atoms with E-state index in [9.17, 15) is 4.79 Å². The number of imidazole rings is 1. The van der Waals surface area contributed by atoms with Gasteiger partial charge < -0.3 is 15.2 Å². The number of amides is 1. The number of carbonyl (C=O) groups is 1. The molecule has 106 valence electrons. The van der Waals surface area contributed by atoms with Crippen molar-refractivity contribution in [2.75, 3.05) is 18.4 Å². The highest BCUT2D eigenvalue weighted by molar-refractivity contribution is 9.10. The van der Waals surface area contributed by atoms with Crippen molar-refractivity contribution in [3.8, 4) is 0 Å². The quantitative estimate of drug-likeness (QED) is 0.844. The van der Waals surface area contributed by atoms with E-state index in [1.54, 1.807) is 24.8 Å². The molecule has 0 saturated heterocycles. The van der Waals surface area contributed by atoms with E-state index >= 15 is 0 Å². The number of hydrogen-bond donors (Lipinski definition) is 2. The Hall–Kier alpha value is -1.89. The lowest BCUT2D eigenvalue weighted by Crippen LogP contribution is -2.28. The molecule has 7 heteroatoms. The molecular weight excluding hydrogens is 322 g/mol. The smallest absolute Gasteiger partial charge is 0.255 e. The Morgan fingerprint density at radius 1 is 1.50 bits per heavy atom. The maximum atomic E-state index is 12.2. The molecule has 2 heterocycles. The maximum Gasteiger partial charge on any atom is 0.255 e. The Bertz CT molecular complexity index is 570. The summed E-state index contributed by atoms with van der Waals surface area (Å²) in [7, 11) is 0. The van der Waals surface area contributed by atoms with Crippen LogP contribution in [0.1, 0.15) is 17.3 Å². The van der Waals surface area contributed by atoms with E-state index in [-0.39, 0.29) is 5.91 Å². The van der Waals surface area contributed by atoms with Crippen molar-refractivity contribution < 1.29 is 4.79 Å². The van der Waals surface area contributed by atoms with E-state index in [2.05, 4.69) is 36.5 Å². The lowest BCUT2D eigenvalue weighted by atomic mass is 10.2. The lowest BCUT2D eigenvalue weighted by molar-refractivity contribution is 0.0952. The first-order valence-electron chi connectivity index (χ1n) is 6.34. The molecule has 0 radical (unpaired) electrons. The molecule has 0 saturated carbocycles. The number of anilines is 1. The monoisotopic (exact) mass is 337 g/mol.